The fourth-order valence-electron chi connectivity index (χ4n) is 4.43. The van der Waals surface area contributed by atoms with Crippen LogP contribution in [0.25, 0.3) is 0 Å². The van der Waals surface area contributed by atoms with Gasteiger partial charge in [0.2, 0.25) is 0 Å². The van der Waals surface area contributed by atoms with Crippen LogP contribution in [0.5, 0.6) is 11.5 Å². The molecular weight excluding hydrogens is 443 g/mol. The molecule has 0 aromatic heterocycles. The highest BCUT2D eigenvalue weighted by molar-refractivity contribution is 6.14. The van der Waals surface area contributed by atoms with Gasteiger partial charge in [-0.1, -0.05) is 12.1 Å². The van der Waals surface area contributed by atoms with Crippen molar-refractivity contribution in [2.75, 3.05) is 39.3 Å². The summed E-state index contributed by atoms with van der Waals surface area (Å²) in [5.41, 5.74) is 2.79. The minimum absolute atomic E-state index is 0.00249. The molecule has 182 valence electrons. The van der Waals surface area contributed by atoms with Crippen LogP contribution < -0.4 is 19.7 Å². The number of hydrogen-bond donors (Lipinski definition) is 3. The van der Waals surface area contributed by atoms with Crippen molar-refractivity contribution >= 4 is 17.4 Å². The first-order chi connectivity index (χ1) is 16.3. The largest absolute Gasteiger partial charge is 0.493 e. The minimum atomic E-state index is -0.800. The second-order valence-electron chi connectivity index (χ2n) is 8.44. The van der Waals surface area contributed by atoms with E-state index in [0.29, 0.717) is 35.5 Å². The van der Waals surface area contributed by atoms with E-state index in [-0.39, 0.29) is 17.9 Å². The van der Waals surface area contributed by atoms with Gasteiger partial charge in [-0.25, -0.2) is 14.2 Å². The molecule has 10 heteroatoms. The van der Waals surface area contributed by atoms with Gasteiger partial charge in [0.05, 0.1) is 38.2 Å². The Bertz CT molecular complexity index is 1100. The number of fused-ring (bicyclic) bond motifs is 1. The predicted octanol–water partition coefficient (Wildman–Crippen LogP) is 1.72. The Morgan fingerprint density at radius 3 is 2.35 bits per heavy atom. The average Bonchev–Trinajstić information content (AvgIpc) is 3.10. The molecule has 0 radical (unpaired) electrons. The lowest BCUT2D eigenvalue weighted by Gasteiger charge is -2.22. The van der Waals surface area contributed by atoms with Gasteiger partial charge in [0, 0.05) is 42.5 Å². The summed E-state index contributed by atoms with van der Waals surface area (Å²) < 4.78 is 26.2. The van der Waals surface area contributed by atoms with E-state index < -0.39 is 30.1 Å². The number of amides is 2. The number of nitrogens with zero attached hydrogens (tertiary/aromatic N) is 3. The third kappa shape index (κ3) is 4.14. The van der Waals surface area contributed by atoms with Crippen molar-refractivity contribution in [2.24, 2.45) is 5.10 Å². The number of hydrazone groups is 1. The van der Waals surface area contributed by atoms with Crippen molar-refractivity contribution < 1.29 is 28.9 Å². The molecule has 3 unspecified atom stereocenters. The molecule has 9 nitrogen and oxygen atoms in total. The van der Waals surface area contributed by atoms with E-state index in [1.807, 2.05) is 29.2 Å². The Balaban J connectivity index is 1.83. The van der Waals surface area contributed by atoms with Crippen molar-refractivity contribution in [3.05, 3.63) is 52.8 Å². The van der Waals surface area contributed by atoms with E-state index in [1.54, 1.807) is 13.0 Å². The lowest BCUT2D eigenvalue weighted by Crippen LogP contribution is -2.41. The van der Waals surface area contributed by atoms with Crippen LogP contribution in [0.4, 0.5) is 14.9 Å². The second-order valence-corrected chi connectivity index (χ2v) is 8.44. The van der Waals surface area contributed by atoms with E-state index in [4.69, 9.17) is 9.47 Å². The van der Waals surface area contributed by atoms with E-state index in [2.05, 4.69) is 10.4 Å². The van der Waals surface area contributed by atoms with Gasteiger partial charge >= 0.3 is 6.03 Å². The SMILES string of the molecule is CNC(=O)N1N=C(c2ccc(N3CC(O)C(O)C3)cc2)c2cc(OC)c(OC)c(F)c2CC1C. The van der Waals surface area contributed by atoms with E-state index in [0.717, 1.165) is 5.69 Å². The van der Waals surface area contributed by atoms with Crippen LogP contribution in [0.1, 0.15) is 23.6 Å². The number of methoxy groups -OCH3 is 2. The van der Waals surface area contributed by atoms with Crippen LogP contribution in [0.15, 0.2) is 35.4 Å². The Kier molecular flexibility index (Phi) is 6.63. The fraction of sp³-hybridized carbons (Fsp3) is 0.417. The Morgan fingerprint density at radius 1 is 1.15 bits per heavy atom. The van der Waals surface area contributed by atoms with Gasteiger partial charge in [-0.05, 0) is 31.5 Å². The van der Waals surface area contributed by atoms with Crippen molar-refractivity contribution in [3.63, 3.8) is 0 Å². The van der Waals surface area contributed by atoms with Crippen LogP contribution in [0.3, 0.4) is 0 Å². The number of aliphatic hydroxyl groups excluding tert-OH is 2. The summed E-state index contributed by atoms with van der Waals surface area (Å²) in [5, 5.41) is 28.3. The van der Waals surface area contributed by atoms with Crippen LogP contribution in [-0.4, -0.2) is 79.6 Å². The fourth-order valence-corrected chi connectivity index (χ4v) is 4.43. The van der Waals surface area contributed by atoms with Crippen LogP contribution in [0, 0.1) is 5.82 Å². The van der Waals surface area contributed by atoms with Gasteiger partial charge in [0.1, 0.15) is 0 Å². The summed E-state index contributed by atoms with van der Waals surface area (Å²) in [4.78, 5) is 14.5. The van der Waals surface area contributed by atoms with E-state index >= 15 is 4.39 Å². The van der Waals surface area contributed by atoms with Crippen LogP contribution >= 0.6 is 0 Å². The van der Waals surface area contributed by atoms with Gasteiger partial charge in [0.25, 0.3) is 0 Å². The molecule has 34 heavy (non-hydrogen) atoms. The number of benzene rings is 2. The number of urea groups is 1. The highest BCUT2D eigenvalue weighted by Crippen LogP contribution is 2.38. The molecule has 1 fully saturated rings. The van der Waals surface area contributed by atoms with Gasteiger partial charge in [-0.3, -0.25) is 0 Å². The quantitative estimate of drug-likeness (QED) is 0.626. The van der Waals surface area contributed by atoms with Crippen molar-refractivity contribution in [3.8, 4) is 11.5 Å². The van der Waals surface area contributed by atoms with Crippen LogP contribution in [0.2, 0.25) is 0 Å². The number of anilines is 1. The van der Waals surface area contributed by atoms with Gasteiger partial charge in [0.15, 0.2) is 17.3 Å². The number of rotatable bonds is 4. The topological polar surface area (TPSA) is 107 Å². The number of β-amino-alcohol motifs (C(OH)–C–C–N with tert-alkyl or cyclic N) is 2. The van der Waals surface area contributed by atoms with Crippen molar-refractivity contribution in [1.82, 2.24) is 10.3 Å². The normalized spacial score (nSPS) is 22.1. The molecule has 0 bridgehead atoms. The molecule has 0 aliphatic carbocycles. The number of nitrogens with one attached hydrogen (secondary N) is 1. The smallest absolute Gasteiger partial charge is 0.337 e. The first kappa shape index (κ1) is 23.8. The van der Waals surface area contributed by atoms with E-state index in [1.165, 1.54) is 26.3 Å². The second kappa shape index (κ2) is 9.47. The number of halogens is 1. The van der Waals surface area contributed by atoms with E-state index in [9.17, 15) is 15.0 Å². The molecule has 2 heterocycles. The lowest BCUT2D eigenvalue weighted by molar-refractivity contribution is 0.0572. The van der Waals surface area contributed by atoms with Gasteiger partial charge in [-0.2, -0.15) is 5.10 Å². The van der Waals surface area contributed by atoms with Gasteiger partial charge < -0.3 is 29.9 Å². The first-order valence-corrected chi connectivity index (χ1v) is 11.0. The highest BCUT2D eigenvalue weighted by Gasteiger charge is 2.32. The molecule has 0 saturated carbocycles. The maximum absolute atomic E-state index is 15.6. The number of aliphatic hydroxyl groups is 2. The summed E-state index contributed by atoms with van der Waals surface area (Å²) in [6, 6.07) is 8.18. The Morgan fingerprint density at radius 2 is 1.79 bits per heavy atom. The zero-order chi connectivity index (χ0) is 24.6. The molecule has 2 aliphatic rings. The lowest BCUT2D eigenvalue weighted by atomic mass is 9.93. The van der Waals surface area contributed by atoms with Crippen molar-refractivity contribution in [2.45, 2.75) is 31.6 Å². The number of hydrogen-bond acceptors (Lipinski definition) is 7. The molecule has 0 spiro atoms. The Labute approximate surface area is 197 Å². The Hall–Kier alpha value is -3.37. The molecular formula is C24H29FN4O5. The molecule has 3 atom stereocenters. The summed E-state index contributed by atoms with van der Waals surface area (Å²) in [6.45, 7) is 2.46. The summed E-state index contributed by atoms with van der Waals surface area (Å²) >= 11 is 0. The minimum Gasteiger partial charge on any atom is -0.493 e. The molecule has 2 amide bonds. The summed E-state index contributed by atoms with van der Waals surface area (Å²) in [5.74, 6) is -0.321. The first-order valence-electron chi connectivity index (χ1n) is 11.0. The molecule has 2 aliphatic heterocycles. The number of carbonyl (C=O) groups is 1. The summed E-state index contributed by atoms with van der Waals surface area (Å²) in [6.07, 6.45) is -1.37. The third-order valence-corrected chi connectivity index (χ3v) is 6.28. The molecule has 2 aromatic rings. The average molecular weight is 473 g/mol. The molecule has 1 saturated heterocycles. The van der Waals surface area contributed by atoms with Crippen molar-refractivity contribution in [1.29, 1.82) is 0 Å². The highest BCUT2D eigenvalue weighted by atomic mass is 19.1. The standard InChI is InChI=1S/C24H29FN4O5/c1-13-9-16-17(10-20(33-3)23(34-4)21(16)25)22(27-29(13)24(32)26-2)14-5-7-15(8-6-14)28-11-18(30)19(31)12-28/h5-8,10,13,18-19,30-31H,9,11-12H2,1-4H3,(H,26,32). The molecule has 3 N–H and O–H groups in total. The maximum Gasteiger partial charge on any atom is 0.337 e. The number of ether oxygens (including phenoxy) is 2. The maximum atomic E-state index is 15.6. The van der Waals surface area contributed by atoms with Crippen LogP contribution in [-0.2, 0) is 6.42 Å². The molecule has 4 rings (SSSR count). The number of carbonyl (C=O) groups excluding carboxylic acids is 1. The van der Waals surface area contributed by atoms with Gasteiger partial charge in [-0.15, -0.1) is 0 Å². The monoisotopic (exact) mass is 472 g/mol. The summed E-state index contributed by atoms with van der Waals surface area (Å²) in [7, 11) is 4.33. The third-order valence-electron chi connectivity index (χ3n) is 6.28. The zero-order valence-corrected chi connectivity index (χ0v) is 19.6. The zero-order valence-electron chi connectivity index (χ0n) is 19.6. The predicted molar refractivity (Wildman–Crippen MR) is 125 cm³/mol. The molecule has 2 aromatic carbocycles.